The Labute approximate surface area is 570 Å². The summed E-state index contributed by atoms with van der Waals surface area (Å²) in [6.07, 6.45) is 5.17. The molecule has 100 heavy (non-hydrogen) atoms. The molecule has 9 atom stereocenters. The van der Waals surface area contributed by atoms with Crippen molar-refractivity contribution >= 4 is 92.6 Å². The molecule has 1 fully saturated rings. The number of rotatable bonds is 12. The van der Waals surface area contributed by atoms with Crippen LogP contribution >= 0.6 is 0 Å². The van der Waals surface area contributed by atoms with E-state index in [4.69, 9.17) is 5.73 Å². The van der Waals surface area contributed by atoms with Crippen LogP contribution in [0.25, 0.3) is 21.8 Å². The number of nitrogens with two attached hydrogens (primary N) is 1. The molecule has 0 radical (unpaired) electrons. The standard InChI is InChI=1S/C67H79F2N17O14/c1-35-60(94)74-32-57(90)78-53(23-39-29-72-48-15-10-41(68)26-46(39)48)63(97)80-54(24-40-30-73-49-16-11-42(69)27-47(40)49)64(98)79-52(28-58(91)92)56(89)25-38(22-44-31-71-34-75-44)61(95)81-55(21-37-8-13-45(88)14-9-37)65(99)86-20-6-18-67(86,3)66(100)82-50(59(70)93)17-12-43-33-85(84-83-43)19-5-4-7-51(62(96)76-35)77-36(2)87/h8-11,13-16,26-27,29-31,33-35,38,50-55,72-73,88H,4-7,12,17-25,28,32H2,1-3H3,(H2,70,93)(H,71,75)(H,74,94)(H,76,96)(H,77,87)(H,78,90)(H,79,98)(H,80,97)(H,81,95)(H,82,100)(H,91,92)/t35-,38+,50-,51-,52-,53-,54-,55-,67-/m0/s1. The van der Waals surface area contributed by atoms with E-state index < -0.39 is 168 Å². The number of phenols is 1. The molecule has 530 valence electrons. The number of amides is 10. The number of imidazole rings is 1. The summed E-state index contributed by atoms with van der Waals surface area (Å²) in [5.41, 5.74) is 6.74. The molecular formula is C67H79F2N17O14. The summed E-state index contributed by atoms with van der Waals surface area (Å²) in [5, 5.41) is 50.1. The number of carbonyl (C=O) groups excluding carboxylic acids is 11. The van der Waals surface area contributed by atoms with E-state index in [1.807, 2.05) is 0 Å². The summed E-state index contributed by atoms with van der Waals surface area (Å²) in [4.78, 5) is 183. The van der Waals surface area contributed by atoms with Crippen molar-refractivity contribution in [3.63, 3.8) is 0 Å². The number of hydrogen-bond acceptors (Lipinski definition) is 16. The molecule has 10 amide bonds. The second kappa shape index (κ2) is 32.8. The molecule has 0 unspecified atom stereocenters. The predicted molar refractivity (Wildman–Crippen MR) is 352 cm³/mol. The maximum absolute atomic E-state index is 15.2. The highest BCUT2D eigenvalue weighted by atomic mass is 19.1. The molecular weight excluding hydrogens is 1300 g/mol. The number of aliphatic carboxylic acids is 1. The van der Waals surface area contributed by atoms with Gasteiger partial charge in [0, 0.05) is 104 Å². The Kier molecular flexibility index (Phi) is 23.9. The number of phenolic OH excluding ortho intramolecular Hbond substituents is 1. The van der Waals surface area contributed by atoms with Gasteiger partial charge in [-0.2, -0.15) is 0 Å². The number of aryl methyl sites for hydroxylation is 2. The van der Waals surface area contributed by atoms with Crippen LogP contribution in [0.5, 0.6) is 5.75 Å². The van der Waals surface area contributed by atoms with Crippen LogP contribution in [-0.4, -0.2) is 182 Å². The van der Waals surface area contributed by atoms with Crippen LogP contribution < -0.4 is 48.3 Å². The zero-order chi connectivity index (χ0) is 71.9. The topological polar surface area (TPSA) is 462 Å². The number of benzene rings is 3. The summed E-state index contributed by atoms with van der Waals surface area (Å²) in [5.74, 6) is -14.2. The number of nitrogens with one attached hydrogen (secondary N) is 11. The molecule has 33 heteroatoms. The Morgan fingerprint density at radius 3 is 1.97 bits per heavy atom. The molecule has 7 aromatic rings. The normalized spacial score (nSPS) is 23.6. The first kappa shape index (κ1) is 72.8. The number of fused-ring (bicyclic) bond motifs is 5. The van der Waals surface area contributed by atoms with Gasteiger partial charge in [-0.25, -0.2) is 13.8 Å². The van der Waals surface area contributed by atoms with Gasteiger partial charge < -0.3 is 78.3 Å². The first-order chi connectivity index (χ1) is 47.7. The van der Waals surface area contributed by atoms with Crippen molar-refractivity contribution in [1.82, 2.24) is 82.4 Å². The molecule has 31 nitrogen and oxygen atoms in total. The van der Waals surface area contributed by atoms with Crippen LogP contribution in [0.1, 0.15) is 100 Å². The van der Waals surface area contributed by atoms with E-state index in [0.717, 1.165) is 6.07 Å². The van der Waals surface area contributed by atoms with Crippen molar-refractivity contribution in [1.29, 1.82) is 0 Å². The van der Waals surface area contributed by atoms with Crippen molar-refractivity contribution in [2.45, 2.75) is 159 Å². The molecule has 0 aliphatic carbocycles. The minimum absolute atomic E-state index is 0.000287. The molecule has 0 saturated carbocycles. The lowest BCUT2D eigenvalue weighted by molar-refractivity contribution is -0.147. The quantitative estimate of drug-likeness (QED) is 0.0792. The summed E-state index contributed by atoms with van der Waals surface area (Å²) in [6, 6.07) is 2.65. The maximum atomic E-state index is 15.2. The first-order valence-corrected chi connectivity index (χ1v) is 32.6. The number of primary amides is 1. The number of ketones is 1. The van der Waals surface area contributed by atoms with Crippen LogP contribution in [-0.2, 0) is 96.2 Å². The fourth-order valence-corrected chi connectivity index (χ4v) is 12.4. The molecule has 9 rings (SSSR count). The number of H-pyrrole nitrogens is 3. The highest BCUT2D eigenvalue weighted by Gasteiger charge is 2.49. The van der Waals surface area contributed by atoms with Gasteiger partial charge in [-0.15, -0.1) is 5.10 Å². The average Bonchev–Trinajstić information content (AvgIpc) is 1.60. The van der Waals surface area contributed by atoms with Crippen molar-refractivity contribution < 1.29 is 76.5 Å². The zero-order valence-electron chi connectivity index (χ0n) is 55.0. The lowest BCUT2D eigenvalue weighted by atomic mass is 9.91. The third-order valence-electron chi connectivity index (χ3n) is 17.8. The third-order valence-corrected chi connectivity index (χ3v) is 17.8. The van der Waals surface area contributed by atoms with Gasteiger partial charge >= 0.3 is 5.97 Å². The molecule has 15 N–H and O–H groups in total. The van der Waals surface area contributed by atoms with Gasteiger partial charge in [0.05, 0.1) is 36.9 Å². The van der Waals surface area contributed by atoms with E-state index in [1.165, 1.54) is 110 Å². The molecule has 3 aromatic carbocycles. The number of aromatic hydroxyl groups is 1. The highest BCUT2D eigenvalue weighted by Crippen LogP contribution is 2.32. The molecule has 2 aliphatic rings. The van der Waals surface area contributed by atoms with Gasteiger partial charge in [-0.1, -0.05) is 17.3 Å². The Morgan fingerprint density at radius 2 is 1.35 bits per heavy atom. The van der Waals surface area contributed by atoms with Crippen molar-refractivity contribution in [3.8, 4) is 5.75 Å². The summed E-state index contributed by atoms with van der Waals surface area (Å²) in [6.45, 7) is 3.51. The van der Waals surface area contributed by atoms with Crippen molar-refractivity contribution in [3.05, 3.63) is 131 Å². The fraction of sp³-hybridized carbons (Fsp3) is 0.418. The van der Waals surface area contributed by atoms with Crippen LogP contribution in [0.4, 0.5) is 8.78 Å². The van der Waals surface area contributed by atoms with E-state index in [9.17, 15) is 62.1 Å². The van der Waals surface area contributed by atoms with Gasteiger partial charge in [-0.05, 0) is 124 Å². The smallest absolute Gasteiger partial charge is 0.305 e. The monoisotopic (exact) mass is 1380 g/mol. The number of halogens is 2. The number of Topliss-reactive ketones (excluding diaryl/α,β-unsaturated/α-hetero) is 1. The molecule has 6 heterocycles. The van der Waals surface area contributed by atoms with E-state index >= 15 is 14.4 Å². The number of carboxylic acids is 1. The number of nitrogens with zero attached hydrogens (tertiary/aromatic N) is 5. The maximum Gasteiger partial charge on any atom is 0.305 e. The van der Waals surface area contributed by atoms with Gasteiger partial charge in [0.25, 0.3) is 0 Å². The minimum Gasteiger partial charge on any atom is -0.508 e. The second-order valence-electron chi connectivity index (χ2n) is 25.3. The largest absolute Gasteiger partial charge is 0.508 e. The lowest BCUT2D eigenvalue weighted by Gasteiger charge is -2.37. The van der Waals surface area contributed by atoms with Crippen LogP contribution in [0, 0.1) is 17.6 Å². The van der Waals surface area contributed by atoms with Crippen LogP contribution in [0.2, 0.25) is 0 Å². The predicted octanol–water partition coefficient (Wildman–Crippen LogP) is 0.501. The molecule has 4 aromatic heterocycles. The van der Waals surface area contributed by atoms with Gasteiger partial charge in [0.1, 0.15) is 59.2 Å². The van der Waals surface area contributed by atoms with E-state index in [1.54, 1.807) is 6.20 Å². The van der Waals surface area contributed by atoms with Gasteiger partial charge in [0.2, 0.25) is 59.1 Å². The number of carbonyl (C=O) groups is 12. The minimum atomic E-state index is -1.96. The molecule has 2 aliphatic heterocycles. The van der Waals surface area contributed by atoms with Crippen molar-refractivity contribution in [2.75, 3.05) is 13.1 Å². The summed E-state index contributed by atoms with van der Waals surface area (Å²) >= 11 is 0. The second-order valence-corrected chi connectivity index (χ2v) is 25.3. The lowest BCUT2D eigenvalue weighted by Crippen LogP contribution is -2.62. The zero-order valence-corrected chi connectivity index (χ0v) is 55.0. The number of hydrogen-bond donors (Lipinski definition) is 14. The number of aromatic amines is 3. The molecule has 1 saturated heterocycles. The Hall–Kier alpha value is -11.4. The van der Waals surface area contributed by atoms with E-state index in [0.29, 0.717) is 58.2 Å². The van der Waals surface area contributed by atoms with Crippen LogP contribution in [0.3, 0.4) is 0 Å². The fourth-order valence-electron chi connectivity index (χ4n) is 12.4. The summed E-state index contributed by atoms with van der Waals surface area (Å²) in [7, 11) is 0. The summed E-state index contributed by atoms with van der Waals surface area (Å²) < 4.78 is 31.3. The van der Waals surface area contributed by atoms with E-state index in [-0.39, 0.29) is 68.3 Å². The Bertz CT molecular complexity index is 4190. The van der Waals surface area contributed by atoms with Gasteiger partial charge in [-0.3, -0.25) is 62.2 Å². The highest BCUT2D eigenvalue weighted by molar-refractivity contribution is 6.01. The van der Waals surface area contributed by atoms with Crippen molar-refractivity contribution in [2.24, 2.45) is 11.7 Å². The third kappa shape index (κ3) is 19.0. The van der Waals surface area contributed by atoms with Gasteiger partial charge in [0.15, 0.2) is 5.78 Å². The number of aromatic nitrogens is 7. The van der Waals surface area contributed by atoms with E-state index in [2.05, 4.69) is 72.8 Å². The first-order valence-electron chi connectivity index (χ1n) is 32.6. The number of carboxylic acid groups (broad SMARTS) is 1. The Morgan fingerprint density at radius 1 is 0.710 bits per heavy atom. The Balaban J connectivity index is 1.06. The van der Waals surface area contributed by atoms with Crippen LogP contribution in [0.15, 0.2) is 91.8 Å². The molecule has 0 spiro atoms. The molecule has 2 bridgehead atoms. The average molecular weight is 1380 g/mol. The SMILES string of the molecule is CC(=O)N[C@H]1CCCCn2cc(nn2)CC[C@@H](C(N)=O)NC(=O)[C@]2(C)CCCN2C(=O)[C@H](Cc2ccc(O)cc2)NC(=O)[C@H](Cc2cnc[nH]2)CC(=O)[C@H](CC(=O)O)NC(=O)[C@H](Cc2c[nH]c3ccc(F)cc23)NC(=O)[C@H](Cc2c[nH]c3ccc(F)cc23)NC(=O)CNC(=O)[C@H](C)NC1=O.